The number of carbonyl (C=O) groups is 2. The number of halogens is 2. The number of hydrogen-bond acceptors (Lipinski definition) is 8. The second kappa shape index (κ2) is 11.9. The van der Waals surface area contributed by atoms with Crippen molar-refractivity contribution >= 4 is 44.4 Å². The zero-order valence-electron chi connectivity index (χ0n) is 22.9. The highest BCUT2D eigenvalue weighted by Gasteiger charge is 2.32. The molecule has 10 heteroatoms. The molecule has 2 aliphatic carbocycles. The summed E-state index contributed by atoms with van der Waals surface area (Å²) in [6.07, 6.45) is 4.38. The van der Waals surface area contributed by atoms with Crippen molar-refractivity contribution in [2.45, 2.75) is 37.9 Å². The van der Waals surface area contributed by atoms with Crippen LogP contribution < -0.4 is 18.9 Å². The SMILES string of the molecule is COc1nc(O[C@H]2CCc3c(-c4cccc5c4CC[C@@H]5Oc4nc(OC)c(C=O)cc4Br)cccc32)c(Br)cc1C=O. The maximum absolute atomic E-state index is 11.4. The van der Waals surface area contributed by atoms with Crippen LogP contribution in [0.1, 0.15) is 68.0 Å². The Labute approximate surface area is 259 Å². The third kappa shape index (κ3) is 5.07. The second-order valence-corrected chi connectivity index (χ2v) is 11.7. The monoisotopic (exact) mass is 692 g/mol. The molecular formula is C32H26Br2N2O6. The Morgan fingerprint density at radius 1 is 0.690 bits per heavy atom. The van der Waals surface area contributed by atoms with Gasteiger partial charge < -0.3 is 18.9 Å². The van der Waals surface area contributed by atoms with E-state index < -0.39 is 0 Å². The first kappa shape index (κ1) is 28.4. The van der Waals surface area contributed by atoms with Crippen molar-refractivity contribution < 1.29 is 28.5 Å². The van der Waals surface area contributed by atoms with E-state index in [1.54, 1.807) is 12.1 Å². The van der Waals surface area contributed by atoms with Gasteiger partial charge in [0, 0.05) is 0 Å². The van der Waals surface area contributed by atoms with Crippen molar-refractivity contribution in [3.63, 3.8) is 0 Å². The maximum Gasteiger partial charge on any atom is 0.231 e. The molecule has 4 aromatic rings. The Bertz CT molecular complexity index is 1580. The molecule has 0 fully saturated rings. The topological polar surface area (TPSA) is 96.8 Å². The lowest BCUT2D eigenvalue weighted by atomic mass is 9.91. The second-order valence-electron chi connectivity index (χ2n) is 10.0. The summed E-state index contributed by atoms with van der Waals surface area (Å²) >= 11 is 6.98. The summed E-state index contributed by atoms with van der Waals surface area (Å²) < 4.78 is 24.5. The van der Waals surface area contributed by atoms with E-state index in [0.717, 1.165) is 36.8 Å². The highest BCUT2D eigenvalue weighted by Crippen LogP contribution is 2.46. The van der Waals surface area contributed by atoms with E-state index in [1.165, 1.54) is 36.5 Å². The van der Waals surface area contributed by atoms with Gasteiger partial charge in [-0.15, -0.1) is 0 Å². The third-order valence-electron chi connectivity index (χ3n) is 7.74. The summed E-state index contributed by atoms with van der Waals surface area (Å²) in [4.78, 5) is 31.6. The molecule has 0 radical (unpaired) electrons. The number of aromatic nitrogens is 2. The minimum Gasteiger partial charge on any atom is -0.480 e. The van der Waals surface area contributed by atoms with Gasteiger partial charge in [0.15, 0.2) is 12.6 Å². The minimum atomic E-state index is -0.184. The van der Waals surface area contributed by atoms with Crippen molar-refractivity contribution in [2.75, 3.05) is 14.2 Å². The first-order chi connectivity index (χ1) is 20.4. The van der Waals surface area contributed by atoms with E-state index in [-0.39, 0.29) is 24.0 Å². The molecule has 0 spiro atoms. The Hall–Kier alpha value is -3.76. The van der Waals surface area contributed by atoms with Gasteiger partial charge in [-0.05, 0) is 103 Å². The fourth-order valence-corrected chi connectivity index (χ4v) is 6.71. The van der Waals surface area contributed by atoms with Crippen LogP contribution in [0.3, 0.4) is 0 Å². The van der Waals surface area contributed by atoms with Gasteiger partial charge in [0.2, 0.25) is 23.5 Å². The number of methoxy groups -OCH3 is 2. The molecule has 214 valence electrons. The van der Waals surface area contributed by atoms with Gasteiger partial charge in [0.1, 0.15) is 12.2 Å². The number of nitrogens with zero attached hydrogens (tertiary/aromatic N) is 2. The van der Waals surface area contributed by atoms with E-state index in [2.05, 4.69) is 78.2 Å². The number of benzene rings is 2. The van der Waals surface area contributed by atoms with Crippen molar-refractivity contribution in [1.82, 2.24) is 9.97 Å². The zero-order valence-corrected chi connectivity index (χ0v) is 26.0. The molecule has 2 heterocycles. The molecule has 42 heavy (non-hydrogen) atoms. The molecule has 0 bridgehead atoms. The lowest BCUT2D eigenvalue weighted by Gasteiger charge is -2.18. The van der Waals surface area contributed by atoms with Crippen LogP contribution in [0.2, 0.25) is 0 Å². The van der Waals surface area contributed by atoms with Crippen LogP contribution in [0.4, 0.5) is 0 Å². The quantitative estimate of drug-likeness (QED) is 0.167. The van der Waals surface area contributed by atoms with Gasteiger partial charge in [-0.1, -0.05) is 36.4 Å². The molecule has 6 rings (SSSR count). The summed E-state index contributed by atoms with van der Waals surface area (Å²) in [6, 6.07) is 16.0. The predicted molar refractivity (Wildman–Crippen MR) is 163 cm³/mol. The van der Waals surface area contributed by atoms with E-state index in [1.807, 2.05) is 0 Å². The van der Waals surface area contributed by atoms with Crippen LogP contribution in [0.25, 0.3) is 11.1 Å². The molecule has 2 aromatic carbocycles. The Balaban J connectivity index is 1.30. The van der Waals surface area contributed by atoms with Crippen LogP contribution >= 0.6 is 31.9 Å². The molecule has 8 nitrogen and oxygen atoms in total. The number of ether oxygens (including phenoxy) is 4. The van der Waals surface area contributed by atoms with E-state index in [4.69, 9.17) is 18.9 Å². The first-order valence-electron chi connectivity index (χ1n) is 13.4. The molecule has 0 amide bonds. The van der Waals surface area contributed by atoms with Crippen LogP contribution in [0.5, 0.6) is 23.5 Å². The smallest absolute Gasteiger partial charge is 0.231 e. The Kier molecular flexibility index (Phi) is 8.00. The molecule has 0 saturated carbocycles. The van der Waals surface area contributed by atoms with Crippen LogP contribution in [-0.2, 0) is 12.8 Å². The lowest BCUT2D eigenvalue weighted by molar-refractivity contribution is 0.111. The lowest BCUT2D eigenvalue weighted by Crippen LogP contribution is -2.07. The van der Waals surface area contributed by atoms with Gasteiger partial charge in [-0.3, -0.25) is 9.59 Å². The van der Waals surface area contributed by atoms with Crippen molar-refractivity contribution in [3.05, 3.63) is 90.9 Å². The molecule has 2 aliphatic rings. The highest BCUT2D eigenvalue weighted by atomic mass is 79.9. The number of carbonyl (C=O) groups excluding carboxylic acids is 2. The predicted octanol–water partition coefficient (Wildman–Crippen LogP) is 7.44. The van der Waals surface area contributed by atoms with Crippen LogP contribution in [0.15, 0.2) is 57.5 Å². The van der Waals surface area contributed by atoms with Gasteiger partial charge in [-0.25, -0.2) is 0 Å². The molecule has 0 aliphatic heterocycles. The van der Waals surface area contributed by atoms with Gasteiger partial charge in [0.25, 0.3) is 0 Å². The van der Waals surface area contributed by atoms with Crippen LogP contribution in [0, 0.1) is 0 Å². The van der Waals surface area contributed by atoms with Crippen molar-refractivity contribution in [2.24, 2.45) is 0 Å². The maximum atomic E-state index is 11.4. The zero-order chi connectivity index (χ0) is 29.4. The fraction of sp³-hybridized carbons (Fsp3) is 0.250. The molecular weight excluding hydrogens is 668 g/mol. The van der Waals surface area contributed by atoms with Gasteiger partial charge >= 0.3 is 0 Å². The van der Waals surface area contributed by atoms with Crippen molar-refractivity contribution in [3.8, 4) is 34.6 Å². The van der Waals surface area contributed by atoms with Gasteiger partial charge in [-0.2, -0.15) is 9.97 Å². The summed E-state index contributed by atoms with van der Waals surface area (Å²) in [6.45, 7) is 0. The fourth-order valence-electron chi connectivity index (χ4n) is 5.85. The number of aldehydes is 2. The summed E-state index contributed by atoms with van der Waals surface area (Å²) in [5, 5.41) is 0. The standard InChI is InChI=1S/C32H26Br2N2O6/c1-39-29-17(15-37)13-25(33)31(35-29)41-27-11-9-21-19(5-3-7-23(21)27)20-6-4-8-24-22(20)10-12-28(24)42-32-26(34)14-18(16-38)30(36-32)40-2/h3-8,13-16,27-28H,9-12H2,1-2H3/t27-,28-/m0/s1. The average Bonchev–Trinajstić information content (AvgIpc) is 3.62. The summed E-state index contributed by atoms with van der Waals surface area (Å²) in [5.41, 5.74) is 7.84. The Morgan fingerprint density at radius 3 is 1.50 bits per heavy atom. The molecule has 0 saturated heterocycles. The largest absolute Gasteiger partial charge is 0.480 e. The minimum absolute atomic E-state index is 0.184. The first-order valence-corrected chi connectivity index (χ1v) is 15.0. The number of fused-ring (bicyclic) bond motifs is 2. The van der Waals surface area contributed by atoms with E-state index in [0.29, 0.717) is 44.4 Å². The molecule has 2 aromatic heterocycles. The number of hydrogen-bond donors (Lipinski definition) is 0. The van der Waals surface area contributed by atoms with Crippen molar-refractivity contribution in [1.29, 1.82) is 0 Å². The third-order valence-corrected chi connectivity index (χ3v) is 8.88. The average molecular weight is 694 g/mol. The van der Waals surface area contributed by atoms with Gasteiger partial charge in [0.05, 0.1) is 34.3 Å². The highest BCUT2D eigenvalue weighted by molar-refractivity contribution is 9.10. The van der Waals surface area contributed by atoms with E-state index >= 15 is 0 Å². The normalized spacial score (nSPS) is 16.9. The number of pyridine rings is 2. The Morgan fingerprint density at radius 2 is 1.12 bits per heavy atom. The molecule has 0 unspecified atom stereocenters. The van der Waals surface area contributed by atoms with Crippen LogP contribution in [-0.4, -0.2) is 36.8 Å². The van der Waals surface area contributed by atoms with E-state index in [9.17, 15) is 9.59 Å². The summed E-state index contributed by atoms with van der Waals surface area (Å²) in [7, 11) is 2.96. The number of rotatable bonds is 9. The molecule has 0 N–H and O–H groups in total. The summed E-state index contributed by atoms with van der Waals surface area (Å²) in [5.74, 6) is 1.23. The molecule has 2 atom stereocenters.